The van der Waals surface area contributed by atoms with Crippen LogP contribution in [0.4, 0.5) is 0 Å². The highest BCUT2D eigenvalue weighted by molar-refractivity contribution is 6.30. The van der Waals surface area contributed by atoms with E-state index < -0.39 is 0 Å². The van der Waals surface area contributed by atoms with Crippen LogP contribution in [0.5, 0.6) is 0 Å². The minimum absolute atomic E-state index is 0.675. The number of rotatable bonds is 2. The van der Waals surface area contributed by atoms with Crippen LogP contribution in [-0.2, 0) is 7.05 Å². The van der Waals surface area contributed by atoms with Gasteiger partial charge in [-0.2, -0.15) is 15.4 Å². The second-order valence-corrected chi connectivity index (χ2v) is 5.53. The van der Waals surface area contributed by atoms with Gasteiger partial charge in [0.05, 0.1) is 17.4 Å². The fourth-order valence-electron chi connectivity index (χ4n) is 2.54. The molecule has 0 saturated carbocycles. The van der Waals surface area contributed by atoms with Crippen molar-refractivity contribution in [2.75, 3.05) is 0 Å². The number of aryl methyl sites for hydroxylation is 1. The molecule has 0 fully saturated rings. The molecule has 4 aromatic rings. The summed E-state index contributed by atoms with van der Waals surface area (Å²) < 4.78 is 1.98. The Morgan fingerprint density at radius 2 is 1.77 bits per heavy atom. The number of aromatic amines is 1. The molecule has 0 amide bonds. The van der Waals surface area contributed by atoms with Crippen molar-refractivity contribution in [3.63, 3.8) is 0 Å². The Bertz CT molecular complexity index is 970. The van der Waals surface area contributed by atoms with Crippen molar-refractivity contribution in [1.82, 2.24) is 25.0 Å². The van der Waals surface area contributed by atoms with Crippen molar-refractivity contribution in [2.24, 2.45) is 7.05 Å². The maximum absolute atomic E-state index is 6.07. The van der Waals surface area contributed by atoms with E-state index in [1.807, 2.05) is 48.0 Å². The lowest BCUT2D eigenvalue weighted by Crippen LogP contribution is -1.87. The molecule has 0 radical (unpaired) electrons. The summed E-state index contributed by atoms with van der Waals surface area (Å²) in [5.74, 6) is 0. The van der Waals surface area contributed by atoms with Gasteiger partial charge >= 0.3 is 0 Å². The summed E-state index contributed by atoms with van der Waals surface area (Å²) >= 11 is 6.07. The molecule has 2 aromatic heterocycles. The first-order valence-electron chi connectivity index (χ1n) is 6.80. The predicted molar refractivity (Wildman–Crippen MR) is 86.5 cm³/mol. The van der Waals surface area contributed by atoms with Crippen molar-refractivity contribution >= 4 is 22.6 Å². The second kappa shape index (κ2) is 4.96. The third-order valence-electron chi connectivity index (χ3n) is 3.64. The average molecular weight is 310 g/mol. The zero-order valence-electron chi connectivity index (χ0n) is 11.8. The standard InChI is InChI=1S/C16H12ClN5/c1-22-9-18-13-6-5-11(8-14(13)22)16-15(19-21-20-16)10-3-2-4-12(17)7-10/h2-9H,1H3,(H,19,20,21). The molecular weight excluding hydrogens is 298 g/mol. The number of nitrogens with zero attached hydrogens (tertiary/aromatic N) is 4. The Labute approximate surface area is 131 Å². The number of halogens is 1. The Hall–Kier alpha value is -2.66. The van der Waals surface area contributed by atoms with E-state index in [9.17, 15) is 0 Å². The molecule has 0 bridgehead atoms. The normalized spacial score (nSPS) is 11.2. The van der Waals surface area contributed by atoms with Gasteiger partial charge in [-0.25, -0.2) is 4.98 Å². The molecule has 4 rings (SSSR count). The monoisotopic (exact) mass is 309 g/mol. The smallest absolute Gasteiger partial charge is 0.120 e. The van der Waals surface area contributed by atoms with E-state index in [-0.39, 0.29) is 0 Å². The molecule has 22 heavy (non-hydrogen) atoms. The van der Waals surface area contributed by atoms with Gasteiger partial charge in [-0.05, 0) is 24.3 Å². The van der Waals surface area contributed by atoms with E-state index in [4.69, 9.17) is 11.6 Å². The van der Waals surface area contributed by atoms with E-state index in [0.717, 1.165) is 33.5 Å². The summed E-state index contributed by atoms with van der Waals surface area (Å²) in [7, 11) is 1.97. The van der Waals surface area contributed by atoms with Crippen molar-refractivity contribution in [1.29, 1.82) is 0 Å². The quantitative estimate of drug-likeness (QED) is 0.614. The molecule has 0 aliphatic carbocycles. The molecule has 0 unspecified atom stereocenters. The summed E-state index contributed by atoms with van der Waals surface area (Å²) in [6, 6.07) is 13.6. The molecule has 108 valence electrons. The van der Waals surface area contributed by atoms with Gasteiger partial charge in [-0.1, -0.05) is 29.8 Å². The molecule has 0 saturated heterocycles. The lowest BCUT2D eigenvalue weighted by Gasteiger charge is -2.03. The van der Waals surface area contributed by atoms with Crippen LogP contribution in [0.3, 0.4) is 0 Å². The summed E-state index contributed by atoms with van der Waals surface area (Å²) in [6.45, 7) is 0. The maximum Gasteiger partial charge on any atom is 0.120 e. The van der Waals surface area contributed by atoms with Gasteiger partial charge in [-0.3, -0.25) is 0 Å². The lowest BCUT2D eigenvalue weighted by atomic mass is 10.0. The number of hydrogen-bond donors (Lipinski definition) is 1. The van der Waals surface area contributed by atoms with Crippen molar-refractivity contribution < 1.29 is 0 Å². The maximum atomic E-state index is 6.07. The third kappa shape index (κ3) is 2.07. The number of hydrogen-bond acceptors (Lipinski definition) is 3. The van der Waals surface area contributed by atoms with Crippen LogP contribution >= 0.6 is 11.6 Å². The first-order valence-corrected chi connectivity index (χ1v) is 7.18. The highest BCUT2D eigenvalue weighted by Gasteiger charge is 2.14. The number of nitrogens with one attached hydrogen (secondary N) is 1. The fraction of sp³-hybridized carbons (Fsp3) is 0.0625. The van der Waals surface area contributed by atoms with E-state index in [2.05, 4.69) is 26.5 Å². The zero-order chi connectivity index (χ0) is 15.1. The summed E-state index contributed by atoms with van der Waals surface area (Å²) in [4.78, 5) is 4.33. The van der Waals surface area contributed by atoms with Crippen LogP contribution in [0, 0.1) is 0 Å². The fourth-order valence-corrected chi connectivity index (χ4v) is 2.73. The molecule has 5 nitrogen and oxygen atoms in total. The van der Waals surface area contributed by atoms with Crippen LogP contribution in [0.15, 0.2) is 48.8 Å². The molecule has 1 N–H and O–H groups in total. The minimum Gasteiger partial charge on any atom is -0.334 e. The van der Waals surface area contributed by atoms with Gasteiger partial charge in [0, 0.05) is 23.2 Å². The van der Waals surface area contributed by atoms with Crippen LogP contribution in [0.1, 0.15) is 0 Å². The van der Waals surface area contributed by atoms with Crippen LogP contribution in [0.2, 0.25) is 5.02 Å². The van der Waals surface area contributed by atoms with E-state index in [1.165, 1.54) is 0 Å². The molecule has 0 atom stereocenters. The Morgan fingerprint density at radius 3 is 2.55 bits per heavy atom. The van der Waals surface area contributed by atoms with Crippen LogP contribution in [0.25, 0.3) is 33.5 Å². The van der Waals surface area contributed by atoms with E-state index in [0.29, 0.717) is 5.02 Å². The third-order valence-corrected chi connectivity index (χ3v) is 3.88. The van der Waals surface area contributed by atoms with Gasteiger partial charge < -0.3 is 4.57 Å². The first-order chi connectivity index (χ1) is 10.7. The molecule has 2 aromatic carbocycles. The van der Waals surface area contributed by atoms with Gasteiger partial charge in [-0.15, -0.1) is 0 Å². The molecular formula is C16H12ClN5. The summed E-state index contributed by atoms with van der Waals surface area (Å²) in [5, 5.41) is 12.0. The Kier molecular flexibility index (Phi) is 2.94. The van der Waals surface area contributed by atoms with Crippen LogP contribution < -0.4 is 0 Å². The van der Waals surface area contributed by atoms with Crippen LogP contribution in [-0.4, -0.2) is 25.0 Å². The van der Waals surface area contributed by atoms with Crippen molar-refractivity contribution in [2.45, 2.75) is 0 Å². The second-order valence-electron chi connectivity index (χ2n) is 5.09. The average Bonchev–Trinajstić information content (AvgIpc) is 3.14. The number of imidazole rings is 1. The Balaban J connectivity index is 1.89. The highest BCUT2D eigenvalue weighted by atomic mass is 35.5. The molecule has 6 heteroatoms. The largest absolute Gasteiger partial charge is 0.334 e. The topological polar surface area (TPSA) is 59.4 Å². The Morgan fingerprint density at radius 1 is 1.00 bits per heavy atom. The van der Waals surface area contributed by atoms with Gasteiger partial charge in [0.15, 0.2) is 0 Å². The number of H-pyrrole nitrogens is 1. The van der Waals surface area contributed by atoms with E-state index in [1.54, 1.807) is 6.33 Å². The molecule has 0 aliphatic heterocycles. The predicted octanol–water partition coefficient (Wildman–Crippen LogP) is 3.68. The van der Waals surface area contributed by atoms with Crippen molar-refractivity contribution in [3.05, 3.63) is 53.8 Å². The van der Waals surface area contributed by atoms with Gasteiger partial charge in [0.1, 0.15) is 11.4 Å². The molecule has 0 aliphatic rings. The van der Waals surface area contributed by atoms with Gasteiger partial charge in [0.2, 0.25) is 0 Å². The minimum atomic E-state index is 0.675. The number of aromatic nitrogens is 5. The van der Waals surface area contributed by atoms with E-state index >= 15 is 0 Å². The van der Waals surface area contributed by atoms with Gasteiger partial charge in [0.25, 0.3) is 0 Å². The SMILES string of the molecule is Cn1cnc2ccc(-c3n[nH]nc3-c3cccc(Cl)c3)cc21. The zero-order valence-corrected chi connectivity index (χ0v) is 12.5. The van der Waals surface area contributed by atoms with Crippen molar-refractivity contribution in [3.8, 4) is 22.5 Å². The molecule has 0 spiro atoms. The number of benzene rings is 2. The highest BCUT2D eigenvalue weighted by Crippen LogP contribution is 2.31. The lowest BCUT2D eigenvalue weighted by molar-refractivity contribution is 0.943. The summed E-state index contributed by atoms with van der Waals surface area (Å²) in [6.07, 6.45) is 1.80. The number of fused-ring (bicyclic) bond motifs is 1. The first kappa shape index (κ1) is 13.0. The molecule has 2 heterocycles. The summed E-state index contributed by atoms with van der Waals surface area (Å²) in [5.41, 5.74) is 5.51.